The van der Waals surface area contributed by atoms with Crippen molar-refractivity contribution in [2.24, 2.45) is 5.92 Å². The Labute approximate surface area is 246 Å². The molecule has 3 saturated heterocycles. The van der Waals surface area contributed by atoms with Crippen molar-refractivity contribution in [3.8, 4) is 5.75 Å². The van der Waals surface area contributed by atoms with Gasteiger partial charge < -0.3 is 29.3 Å². The topological polar surface area (TPSA) is 73.7 Å². The molecule has 7 rings (SSSR count). The van der Waals surface area contributed by atoms with Gasteiger partial charge in [-0.3, -0.25) is 4.79 Å². The molecule has 3 aliphatic heterocycles. The molecule has 0 aliphatic carbocycles. The number of H-pyrrole nitrogens is 1. The monoisotopic (exact) mass is 574 g/mol. The SMILES string of the molecule is O=C(NC1CCN(C[C@@H]2CCCN3CCCC[C@H]23)CC1)c1cc2c(OCc3coc4cccc(Cl)c34)cccc2[nH]1. The molecular weight excluding hydrogens is 536 g/mol. The number of aromatic nitrogens is 1. The summed E-state index contributed by atoms with van der Waals surface area (Å²) in [7, 11) is 0. The molecule has 5 heterocycles. The number of likely N-dealkylation sites (tertiary alicyclic amines) is 1. The molecule has 0 spiro atoms. The maximum Gasteiger partial charge on any atom is 0.267 e. The van der Waals surface area contributed by atoms with Gasteiger partial charge in [-0.2, -0.15) is 0 Å². The molecule has 3 fully saturated rings. The van der Waals surface area contributed by atoms with E-state index >= 15 is 0 Å². The van der Waals surface area contributed by atoms with Gasteiger partial charge in [0.15, 0.2) is 0 Å². The van der Waals surface area contributed by atoms with E-state index in [1.165, 1.54) is 51.7 Å². The van der Waals surface area contributed by atoms with Gasteiger partial charge in [-0.1, -0.05) is 30.2 Å². The number of furan rings is 1. The van der Waals surface area contributed by atoms with E-state index in [2.05, 4.69) is 20.1 Å². The highest BCUT2D eigenvalue weighted by Gasteiger charge is 2.34. The molecule has 0 saturated carbocycles. The van der Waals surface area contributed by atoms with Gasteiger partial charge in [0.25, 0.3) is 5.91 Å². The first kappa shape index (κ1) is 26.9. The van der Waals surface area contributed by atoms with Crippen molar-refractivity contribution < 1.29 is 13.9 Å². The molecule has 2 atom stereocenters. The van der Waals surface area contributed by atoms with Gasteiger partial charge >= 0.3 is 0 Å². The van der Waals surface area contributed by atoms with Crippen molar-refractivity contribution in [1.29, 1.82) is 0 Å². The van der Waals surface area contributed by atoms with Gasteiger partial charge in [0.05, 0.1) is 11.3 Å². The summed E-state index contributed by atoms with van der Waals surface area (Å²) in [6, 6.07) is 14.4. The highest BCUT2D eigenvalue weighted by molar-refractivity contribution is 6.35. The quantitative estimate of drug-likeness (QED) is 0.260. The number of amides is 1. The van der Waals surface area contributed by atoms with Crippen LogP contribution in [0.1, 0.15) is 61.0 Å². The van der Waals surface area contributed by atoms with E-state index in [4.69, 9.17) is 20.8 Å². The van der Waals surface area contributed by atoms with Crippen LogP contribution in [0, 0.1) is 5.92 Å². The van der Waals surface area contributed by atoms with Crippen LogP contribution in [-0.4, -0.2) is 65.5 Å². The van der Waals surface area contributed by atoms with E-state index in [0.29, 0.717) is 23.1 Å². The Morgan fingerprint density at radius 3 is 2.78 bits per heavy atom. The van der Waals surface area contributed by atoms with Crippen LogP contribution in [0.15, 0.2) is 53.1 Å². The average Bonchev–Trinajstić information content (AvgIpc) is 3.63. The predicted octanol–water partition coefficient (Wildman–Crippen LogP) is 6.61. The fraction of sp³-hybridized carbons (Fsp3) is 0.485. The molecule has 0 bridgehead atoms. The van der Waals surface area contributed by atoms with Crippen molar-refractivity contribution >= 4 is 39.4 Å². The standard InChI is InChI=1S/C33H39ClN4O3/c34-26-7-3-11-31-32(26)23(21-41-31)20-40-30-10-4-8-27-25(30)18-28(36-27)33(39)35-24-12-16-37(17-13-24)19-22-6-5-15-38-14-2-1-9-29(22)38/h3-4,7-8,10-11,18,21-22,24,29,36H,1-2,5-6,9,12-17,19-20H2,(H,35,39)/t22-,29+/m0/s1. The molecule has 7 nitrogen and oxygen atoms in total. The lowest BCUT2D eigenvalue weighted by Crippen LogP contribution is -2.52. The van der Waals surface area contributed by atoms with Crippen LogP contribution < -0.4 is 10.1 Å². The van der Waals surface area contributed by atoms with Crippen LogP contribution >= 0.6 is 11.6 Å². The van der Waals surface area contributed by atoms with Crippen LogP contribution in [0.4, 0.5) is 0 Å². The lowest BCUT2D eigenvalue weighted by Gasteiger charge is -2.46. The number of hydrogen-bond acceptors (Lipinski definition) is 5. The zero-order valence-corrected chi connectivity index (χ0v) is 24.3. The van der Waals surface area contributed by atoms with Crippen LogP contribution in [0.3, 0.4) is 0 Å². The summed E-state index contributed by atoms with van der Waals surface area (Å²) in [5, 5.41) is 5.69. The first-order chi connectivity index (χ1) is 20.1. The summed E-state index contributed by atoms with van der Waals surface area (Å²) in [6.45, 7) is 6.26. The fourth-order valence-corrected chi connectivity index (χ4v) is 7.68. The number of carbonyl (C=O) groups is 1. The molecule has 4 aromatic rings. The van der Waals surface area contributed by atoms with Crippen LogP contribution in [0.5, 0.6) is 5.75 Å². The first-order valence-electron chi connectivity index (χ1n) is 15.3. The van der Waals surface area contributed by atoms with Gasteiger partial charge in [-0.05, 0) is 87.9 Å². The Morgan fingerprint density at radius 2 is 1.88 bits per heavy atom. The zero-order chi connectivity index (χ0) is 27.8. The molecule has 3 aliphatic rings. The minimum Gasteiger partial charge on any atom is -0.488 e. The lowest BCUT2D eigenvalue weighted by molar-refractivity contribution is 0.0351. The number of nitrogens with one attached hydrogen (secondary N) is 2. The molecule has 216 valence electrons. The molecule has 1 amide bonds. The number of hydrogen-bond donors (Lipinski definition) is 2. The zero-order valence-electron chi connectivity index (χ0n) is 23.5. The molecule has 41 heavy (non-hydrogen) atoms. The number of piperidine rings is 3. The average molecular weight is 575 g/mol. The van der Waals surface area contributed by atoms with E-state index in [1.807, 2.05) is 42.5 Å². The van der Waals surface area contributed by atoms with E-state index < -0.39 is 0 Å². The second-order valence-corrected chi connectivity index (χ2v) is 12.5. The van der Waals surface area contributed by atoms with E-state index in [-0.39, 0.29) is 11.9 Å². The number of halogens is 1. The Kier molecular flexibility index (Phi) is 7.67. The summed E-state index contributed by atoms with van der Waals surface area (Å²) in [4.78, 5) is 22.0. The van der Waals surface area contributed by atoms with Crippen molar-refractivity contribution in [1.82, 2.24) is 20.1 Å². The van der Waals surface area contributed by atoms with Gasteiger partial charge in [0, 0.05) is 53.6 Å². The summed E-state index contributed by atoms with van der Waals surface area (Å²) < 4.78 is 11.8. The molecular formula is C33H39ClN4O3. The van der Waals surface area contributed by atoms with Crippen molar-refractivity contribution in [2.75, 3.05) is 32.7 Å². The predicted molar refractivity (Wildman–Crippen MR) is 163 cm³/mol. The van der Waals surface area contributed by atoms with Crippen molar-refractivity contribution in [2.45, 2.75) is 63.6 Å². The second-order valence-electron chi connectivity index (χ2n) is 12.1. The van der Waals surface area contributed by atoms with Crippen LogP contribution in [0.25, 0.3) is 21.9 Å². The van der Waals surface area contributed by atoms with Gasteiger partial charge in [-0.15, -0.1) is 0 Å². The molecule has 2 aromatic heterocycles. The summed E-state index contributed by atoms with van der Waals surface area (Å²) in [5.41, 5.74) is 3.07. The maximum atomic E-state index is 13.2. The molecule has 2 aromatic carbocycles. The van der Waals surface area contributed by atoms with Gasteiger partial charge in [-0.25, -0.2) is 0 Å². The Morgan fingerprint density at radius 1 is 1.02 bits per heavy atom. The molecule has 8 heteroatoms. The van der Waals surface area contributed by atoms with Crippen LogP contribution in [-0.2, 0) is 6.61 Å². The lowest BCUT2D eigenvalue weighted by atomic mass is 9.83. The van der Waals surface area contributed by atoms with Crippen LogP contribution in [0.2, 0.25) is 5.02 Å². The number of nitrogens with zero attached hydrogens (tertiary/aromatic N) is 2. The molecule has 2 N–H and O–H groups in total. The maximum absolute atomic E-state index is 13.2. The van der Waals surface area contributed by atoms with Gasteiger partial charge in [0.1, 0.15) is 23.6 Å². The first-order valence-corrected chi connectivity index (χ1v) is 15.7. The highest BCUT2D eigenvalue weighted by atomic mass is 35.5. The fourth-order valence-electron chi connectivity index (χ4n) is 7.39. The third-order valence-electron chi connectivity index (χ3n) is 9.52. The number of rotatable bonds is 7. The second kappa shape index (κ2) is 11.7. The smallest absolute Gasteiger partial charge is 0.267 e. The molecule has 0 unspecified atom stereocenters. The highest BCUT2D eigenvalue weighted by Crippen LogP contribution is 2.33. The summed E-state index contributed by atoms with van der Waals surface area (Å²) >= 11 is 6.41. The molecule has 0 radical (unpaired) electrons. The minimum atomic E-state index is -0.0525. The Hall–Kier alpha value is -3.00. The minimum absolute atomic E-state index is 0.0525. The third kappa shape index (κ3) is 5.60. The number of fused-ring (bicyclic) bond motifs is 3. The summed E-state index contributed by atoms with van der Waals surface area (Å²) in [5.74, 6) is 1.47. The largest absolute Gasteiger partial charge is 0.488 e. The van der Waals surface area contributed by atoms with Crippen molar-refractivity contribution in [3.63, 3.8) is 0 Å². The Balaban J connectivity index is 0.954. The number of ether oxygens (including phenoxy) is 1. The number of benzene rings is 2. The van der Waals surface area contributed by atoms with E-state index in [9.17, 15) is 4.79 Å². The Bertz CT molecular complexity index is 1520. The van der Waals surface area contributed by atoms with Crippen molar-refractivity contribution in [3.05, 3.63) is 65.0 Å². The third-order valence-corrected chi connectivity index (χ3v) is 9.84. The van der Waals surface area contributed by atoms with E-state index in [1.54, 1.807) is 6.26 Å². The number of aromatic amines is 1. The summed E-state index contributed by atoms with van der Waals surface area (Å²) in [6.07, 6.45) is 10.6. The normalized spacial score (nSPS) is 22.7. The van der Waals surface area contributed by atoms with Gasteiger partial charge in [0.2, 0.25) is 0 Å². The number of carbonyl (C=O) groups excluding carboxylic acids is 1. The van der Waals surface area contributed by atoms with E-state index in [0.717, 1.165) is 65.3 Å².